The number of hydrogen-bond donors (Lipinski definition) is 1. The largest absolute Gasteiger partial charge is 0.335 e. The van der Waals surface area contributed by atoms with E-state index < -0.39 is 0 Å². The number of fused-ring (bicyclic) bond motifs is 2. The van der Waals surface area contributed by atoms with Crippen LogP contribution in [0.15, 0.2) is 18.2 Å². The minimum atomic E-state index is 0.264. The zero-order valence-electron chi connectivity index (χ0n) is 12.6. The molecule has 2 aliphatic heterocycles. The monoisotopic (exact) mass is 284 g/mol. The molecule has 2 fully saturated rings. The third-order valence-corrected chi connectivity index (χ3v) is 5.59. The van der Waals surface area contributed by atoms with Gasteiger partial charge in [0, 0.05) is 24.7 Å². The number of amides is 1. The molecule has 1 amide bonds. The van der Waals surface area contributed by atoms with Gasteiger partial charge < -0.3 is 10.2 Å². The smallest absolute Gasteiger partial charge is 0.254 e. The molecule has 2 unspecified atom stereocenters. The zero-order chi connectivity index (χ0) is 14.2. The number of rotatable bonds is 1. The molecule has 112 valence electrons. The summed E-state index contributed by atoms with van der Waals surface area (Å²) in [4.78, 5) is 15.1. The number of benzene rings is 1. The van der Waals surface area contributed by atoms with Gasteiger partial charge in [0.2, 0.25) is 0 Å². The van der Waals surface area contributed by atoms with Crippen molar-refractivity contribution in [1.29, 1.82) is 0 Å². The lowest BCUT2D eigenvalue weighted by Crippen LogP contribution is -2.46. The Hall–Kier alpha value is -1.35. The van der Waals surface area contributed by atoms with E-state index in [-0.39, 0.29) is 5.91 Å². The first-order chi connectivity index (χ1) is 10.3. The van der Waals surface area contributed by atoms with Crippen molar-refractivity contribution in [3.8, 4) is 0 Å². The number of likely N-dealkylation sites (tertiary alicyclic amines) is 1. The normalized spacial score (nSPS) is 28.1. The lowest BCUT2D eigenvalue weighted by molar-refractivity contribution is 0.0548. The predicted molar refractivity (Wildman–Crippen MR) is 83.3 cm³/mol. The van der Waals surface area contributed by atoms with E-state index in [0.717, 1.165) is 37.5 Å². The summed E-state index contributed by atoms with van der Waals surface area (Å²) in [5.74, 6) is 1.03. The molecule has 3 aliphatic rings. The standard InChI is InChI=1S/C18H24N2O/c21-18(20-10-2-4-14-3-1-5-17(14)20)15-7-6-13-8-9-19-12-16(13)11-15/h6-7,11,14,17,19H,1-5,8-10,12H2. The zero-order valence-corrected chi connectivity index (χ0v) is 12.6. The van der Waals surface area contributed by atoms with E-state index in [9.17, 15) is 4.79 Å². The summed E-state index contributed by atoms with van der Waals surface area (Å²) in [5, 5.41) is 3.40. The second-order valence-electron chi connectivity index (χ2n) is 6.81. The molecule has 3 nitrogen and oxygen atoms in total. The van der Waals surface area contributed by atoms with Crippen molar-refractivity contribution in [3.05, 3.63) is 34.9 Å². The minimum Gasteiger partial charge on any atom is -0.335 e. The van der Waals surface area contributed by atoms with Crippen LogP contribution in [0, 0.1) is 5.92 Å². The van der Waals surface area contributed by atoms with Crippen LogP contribution >= 0.6 is 0 Å². The van der Waals surface area contributed by atoms with Crippen LogP contribution in [0.25, 0.3) is 0 Å². The number of nitrogens with zero attached hydrogens (tertiary/aromatic N) is 1. The fourth-order valence-electron chi connectivity index (χ4n) is 4.49. The van der Waals surface area contributed by atoms with E-state index in [1.807, 2.05) is 6.07 Å². The molecule has 1 saturated heterocycles. The predicted octanol–water partition coefficient (Wildman–Crippen LogP) is 2.74. The van der Waals surface area contributed by atoms with Gasteiger partial charge in [-0.15, -0.1) is 0 Å². The van der Waals surface area contributed by atoms with Crippen molar-refractivity contribution >= 4 is 5.91 Å². The molecule has 0 bridgehead atoms. The molecular formula is C18H24N2O. The molecule has 1 N–H and O–H groups in total. The average Bonchev–Trinajstić information content (AvgIpc) is 3.02. The Kier molecular flexibility index (Phi) is 3.46. The summed E-state index contributed by atoms with van der Waals surface area (Å²) in [7, 11) is 0. The van der Waals surface area contributed by atoms with Crippen LogP contribution in [0.3, 0.4) is 0 Å². The average molecular weight is 284 g/mol. The van der Waals surface area contributed by atoms with Crippen LogP contribution in [-0.4, -0.2) is 29.9 Å². The Labute approximate surface area is 126 Å². The maximum atomic E-state index is 12.9. The van der Waals surface area contributed by atoms with Crippen LogP contribution in [-0.2, 0) is 13.0 Å². The highest BCUT2D eigenvalue weighted by Gasteiger charge is 2.37. The topological polar surface area (TPSA) is 32.3 Å². The van der Waals surface area contributed by atoms with Gasteiger partial charge in [-0.3, -0.25) is 4.79 Å². The molecule has 1 aromatic carbocycles. The lowest BCUT2D eigenvalue weighted by atomic mass is 9.91. The third kappa shape index (κ3) is 2.38. The first kappa shape index (κ1) is 13.3. The lowest BCUT2D eigenvalue weighted by Gasteiger charge is -2.38. The summed E-state index contributed by atoms with van der Waals surface area (Å²) in [6, 6.07) is 6.85. The van der Waals surface area contributed by atoms with Gasteiger partial charge in [-0.25, -0.2) is 0 Å². The van der Waals surface area contributed by atoms with E-state index in [0.29, 0.717) is 6.04 Å². The molecule has 0 aromatic heterocycles. The number of hydrogen-bond acceptors (Lipinski definition) is 2. The molecule has 0 radical (unpaired) electrons. The van der Waals surface area contributed by atoms with Crippen LogP contribution in [0.5, 0.6) is 0 Å². The second-order valence-corrected chi connectivity index (χ2v) is 6.81. The summed E-state index contributed by atoms with van der Waals surface area (Å²) in [6.45, 7) is 2.91. The third-order valence-electron chi connectivity index (χ3n) is 5.59. The second kappa shape index (κ2) is 5.45. The van der Waals surface area contributed by atoms with Crippen molar-refractivity contribution in [3.63, 3.8) is 0 Å². The molecule has 1 aromatic rings. The molecule has 21 heavy (non-hydrogen) atoms. The molecule has 3 heteroatoms. The summed E-state index contributed by atoms with van der Waals surface area (Å²) >= 11 is 0. The maximum Gasteiger partial charge on any atom is 0.254 e. The fraction of sp³-hybridized carbons (Fsp3) is 0.611. The highest BCUT2D eigenvalue weighted by Crippen LogP contribution is 2.37. The minimum absolute atomic E-state index is 0.264. The Morgan fingerprint density at radius 1 is 1.14 bits per heavy atom. The van der Waals surface area contributed by atoms with Crippen molar-refractivity contribution in [1.82, 2.24) is 10.2 Å². The number of piperidine rings is 1. The maximum absolute atomic E-state index is 12.9. The Balaban J connectivity index is 1.59. The van der Waals surface area contributed by atoms with Crippen LogP contribution in [0.4, 0.5) is 0 Å². The summed E-state index contributed by atoms with van der Waals surface area (Å²) < 4.78 is 0. The Morgan fingerprint density at radius 2 is 2.05 bits per heavy atom. The van der Waals surface area contributed by atoms with Gasteiger partial charge >= 0.3 is 0 Å². The molecule has 4 rings (SSSR count). The highest BCUT2D eigenvalue weighted by atomic mass is 16.2. The fourth-order valence-corrected chi connectivity index (χ4v) is 4.49. The molecular weight excluding hydrogens is 260 g/mol. The number of carbonyl (C=O) groups excluding carboxylic acids is 1. The summed E-state index contributed by atoms with van der Waals surface area (Å²) in [6.07, 6.45) is 7.42. The molecule has 2 heterocycles. The van der Waals surface area contributed by atoms with E-state index in [1.54, 1.807) is 0 Å². The number of carbonyl (C=O) groups is 1. The van der Waals surface area contributed by atoms with Gasteiger partial charge in [0.05, 0.1) is 0 Å². The number of nitrogens with one attached hydrogen (secondary N) is 1. The molecule has 1 saturated carbocycles. The van der Waals surface area contributed by atoms with Crippen LogP contribution in [0.2, 0.25) is 0 Å². The molecule has 1 aliphatic carbocycles. The van der Waals surface area contributed by atoms with Gasteiger partial charge in [0.25, 0.3) is 5.91 Å². The molecule has 0 spiro atoms. The first-order valence-corrected chi connectivity index (χ1v) is 8.46. The quantitative estimate of drug-likeness (QED) is 0.860. The van der Waals surface area contributed by atoms with Crippen molar-refractivity contribution < 1.29 is 4.79 Å². The van der Waals surface area contributed by atoms with Crippen molar-refractivity contribution in [2.75, 3.05) is 13.1 Å². The van der Waals surface area contributed by atoms with Gasteiger partial charge in [0.1, 0.15) is 0 Å². The van der Waals surface area contributed by atoms with E-state index in [2.05, 4.69) is 22.3 Å². The van der Waals surface area contributed by atoms with Crippen molar-refractivity contribution in [2.24, 2.45) is 5.92 Å². The summed E-state index contributed by atoms with van der Waals surface area (Å²) in [5.41, 5.74) is 3.61. The molecule has 2 atom stereocenters. The van der Waals surface area contributed by atoms with Gasteiger partial charge in [-0.2, -0.15) is 0 Å². The van der Waals surface area contributed by atoms with E-state index in [4.69, 9.17) is 0 Å². The van der Waals surface area contributed by atoms with Gasteiger partial charge in [-0.1, -0.05) is 12.5 Å². The Morgan fingerprint density at radius 3 is 3.00 bits per heavy atom. The van der Waals surface area contributed by atoms with Gasteiger partial charge in [0.15, 0.2) is 0 Å². The van der Waals surface area contributed by atoms with Crippen molar-refractivity contribution in [2.45, 2.75) is 51.1 Å². The van der Waals surface area contributed by atoms with E-state index >= 15 is 0 Å². The van der Waals surface area contributed by atoms with Gasteiger partial charge in [-0.05, 0) is 67.8 Å². The Bertz CT molecular complexity index is 554. The van der Waals surface area contributed by atoms with E-state index in [1.165, 1.54) is 43.2 Å². The SMILES string of the molecule is O=C(c1ccc2c(c1)CNCC2)N1CCCC2CCCC21. The van der Waals surface area contributed by atoms with Crippen LogP contribution < -0.4 is 5.32 Å². The highest BCUT2D eigenvalue weighted by molar-refractivity contribution is 5.94. The first-order valence-electron chi connectivity index (χ1n) is 8.46. The van der Waals surface area contributed by atoms with Crippen LogP contribution in [0.1, 0.15) is 53.6 Å².